The summed E-state index contributed by atoms with van der Waals surface area (Å²) in [6, 6.07) is 0.586. The number of rotatable bonds is 19. The highest BCUT2D eigenvalue weighted by molar-refractivity contribution is 6.90. The lowest BCUT2D eigenvalue weighted by Gasteiger charge is -2.43. The molecule has 0 saturated carbocycles. The van der Waals surface area contributed by atoms with Gasteiger partial charge in [-0.25, -0.2) is 9.59 Å². The van der Waals surface area contributed by atoms with Gasteiger partial charge in [0.1, 0.15) is 6.10 Å². The number of hydrogen-bond acceptors (Lipinski definition) is 6. The van der Waals surface area contributed by atoms with Crippen molar-refractivity contribution in [2.24, 2.45) is 0 Å². The van der Waals surface area contributed by atoms with E-state index in [1.165, 1.54) is 25.7 Å². The first-order valence-corrected chi connectivity index (χ1v) is 25.2. The van der Waals surface area contributed by atoms with Crippen molar-refractivity contribution in [3.63, 3.8) is 0 Å². The number of esters is 1. The second kappa shape index (κ2) is 15.6. The third-order valence-electron chi connectivity index (χ3n) is 4.68. The van der Waals surface area contributed by atoms with E-state index in [9.17, 15) is 9.59 Å². The van der Waals surface area contributed by atoms with E-state index in [-0.39, 0.29) is 6.10 Å². The maximum Gasteiger partial charge on any atom is 0.469 e. The van der Waals surface area contributed by atoms with E-state index >= 15 is 0 Å². The SMILES string of the molecule is CCCCCCCCC(CC[Si](O[Si](C)(C)C)(O[Si](C)(C)C)O[Si](C)(C)C)OC(=O)/C=C/C(=O)O. The van der Waals surface area contributed by atoms with E-state index in [1.54, 1.807) is 0 Å². The Balaban J connectivity index is 5.70. The molecule has 0 saturated heterocycles. The van der Waals surface area contributed by atoms with Gasteiger partial charge in [0.25, 0.3) is 0 Å². The number of carboxylic acids is 1. The minimum atomic E-state index is -3.04. The summed E-state index contributed by atoms with van der Waals surface area (Å²) >= 11 is 0. The first-order chi connectivity index (χ1) is 15.9. The molecule has 0 aromatic rings. The quantitative estimate of drug-likeness (QED) is 0.0769. The Kier molecular flexibility index (Phi) is 15.4. The van der Waals surface area contributed by atoms with Gasteiger partial charge >= 0.3 is 20.7 Å². The molecule has 35 heavy (non-hydrogen) atoms. The molecule has 0 aliphatic heterocycles. The first kappa shape index (κ1) is 34.4. The molecule has 0 fully saturated rings. The third kappa shape index (κ3) is 20.2. The van der Waals surface area contributed by atoms with Crippen molar-refractivity contribution < 1.29 is 31.8 Å². The van der Waals surface area contributed by atoms with Gasteiger partial charge in [-0.05, 0) is 78.2 Å². The molecule has 0 aromatic heterocycles. The molecule has 0 radical (unpaired) electrons. The molecule has 0 bridgehead atoms. The van der Waals surface area contributed by atoms with Gasteiger partial charge in [0.15, 0.2) is 25.0 Å². The van der Waals surface area contributed by atoms with Crippen molar-refractivity contribution in [1.82, 2.24) is 0 Å². The predicted octanol–water partition coefficient (Wildman–Crippen LogP) is 7.17. The van der Waals surface area contributed by atoms with Gasteiger partial charge < -0.3 is 22.2 Å². The van der Waals surface area contributed by atoms with Crippen LogP contribution in [-0.2, 0) is 26.7 Å². The molecule has 0 rings (SSSR count). The Morgan fingerprint density at radius 3 is 1.60 bits per heavy atom. The molecule has 1 atom stereocenters. The average Bonchev–Trinajstić information content (AvgIpc) is 2.62. The second-order valence-electron chi connectivity index (χ2n) is 12.2. The van der Waals surface area contributed by atoms with Crippen LogP contribution in [0.3, 0.4) is 0 Å². The van der Waals surface area contributed by atoms with Crippen LogP contribution in [0.4, 0.5) is 0 Å². The van der Waals surface area contributed by atoms with E-state index in [1.807, 2.05) is 0 Å². The fraction of sp³-hybridized carbons (Fsp3) is 0.833. The summed E-state index contributed by atoms with van der Waals surface area (Å²) < 4.78 is 26.0. The second-order valence-corrected chi connectivity index (χ2v) is 29.1. The van der Waals surface area contributed by atoms with Crippen LogP contribution in [0.5, 0.6) is 0 Å². The van der Waals surface area contributed by atoms with Gasteiger partial charge in [-0.1, -0.05) is 39.0 Å². The zero-order chi connectivity index (χ0) is 27.3. The Morgan fingerprint density at radius 1 is 0.714 bits per heavy atom. The lowest BCUT2D eigenvalue weighted by atomic mass is 10.1. The lowest BCUT2D eigenvalue weighted by Crippen LogP contribution is -2.60. The Labute approximate surface area is 218 Å². The van der Waals surface area contributed by atoms with Crippen LogP contribution in [0.25, 0.3) is 0 Å². The Bertz CT molecular complexity index is 623. The van der Waals surface area contributed by atoms with Gasteiger partial charge in [-0.2, -0.15) is 0 Å². The van der Waals surface area contributed by atoms with E-state index in [2.05, 4.69) is 65.8 Å². The van der Waals surface area contributed by atoms with E-state index in [0.717, 1.165) is 31.4 Å². The number of carbonyl (C=O) groups excluding carboxylic acids is 1. The standard InChI is InChI=1S/C24H52O7Si4/c1-11-12-13-14-15-16-17-22(28-24(27)19-18-23(25)26)20-21-35(29-32(2,3)4,30-33(5,6)7)31-34(8,9)10/h18-19,22H,11-17,20-21H2,1-10H3,(H,25,26)/b19-18+. The van der Waals surface area contributed by atoms with Gasteiger partial charge in [-0.3, -0.25) is 0 Å². The molecule has 0 aromatic carbocycles. The summed E-state index contributed by atoms with van der Waals surface area (Å²) in [5.74, 6) is -1.80. The molecule has 1 N–H and O–H groups in total. The molecule has 0 spiro atoms. The van der Waals surface area contributed by atoms with Crippen LogP contribution in [0, 0.1) is 0 Å². The third-order valence-corrected chi connectivity index (χ3v) is 16.7. The van der Waals surface area contributed by atoms with Gasteiger partial charge in [0.2, 0.25) is 0 Å². The van der Waals surface area contributed by atoms with Crippen molar-refractivity contribution in [3.8, 4) is 0 Å². The number of carbonyl (C=O) groups is 2. The van der Waals surface area contributed by atoms with Gasteiger partial charge in [0, 0.05) is 18.2 Å². The van der Waals surface area contributed by atoms with Crippen LogP contribution in [-0.4, -0.2) is 56.9 Å². The van der Waals surface area contributed by atoms with Crippen molar-refractivity contribution in [2.45, 2.75) is 129 Å². The molecular formula is C24H52O7Si4. The Hall–Kier alpha value is -0.572. The van der Waals surface area contributed by atoms with E-state index < -0.39 is 45.7 Å². The summed E-state index contributed by atoms with van der Waals surface area (Å²) in [5, 5.41) is 8.85. The lowest BCUT2D eigenvalue weighted by molar-refractivity contribution is -0.144. The van der Waals surface area contributed by atoms with Crippen LogP contribution in [0.15, 0.2) is 12.2 Å². The summed E-state index contributed by atoms with van der Waals surface area (Å²) in [7, 11) is -9.02. The highest BCUT2D eigenvalue weighted by Crippen LogP contribution is 2.31. The topological polar surface area (TPSA) is 91.3 Å². The fourth-order valence-electron chi connectivity index (χ4n) is 3.71. The smallest absolute Gasteiger partial charge is 0.469 e. The highest BCUT2D eigenvalue weighted by Gasteiger charge is 2.50. The van der Waals surface area contributed by atoms with Crippen LogP contribution in [0.1, 0.15) is 58.3 Å². The molecule has 0 aliphatic rings. The number of ether oxygens (including phenoxy) is 1. The van der Waals surface area contributed by atoms with E-state index in [4.69, 9.17) is 22.2 Å². The maximum atomic E-state index is 12.3. The average molecular weight is 565 g/mol. The van der Waals surface area contributed by atoms with Gasteiger partial charge in [-0.15, -0.1) is 0 Å². The summed E-state index contributed by atoms with van der Waals surface area (Å²) in [6.07, 6.45) is 9.65. The number of unbranched alkanes of at least 4 members (excludes halogenated alkanes) is 5. The first-order valence-electron chi connectivity index (χ1n) is 13.1. The minimum Gasteiger partial charge on any atom is -0.478 e. The molecular weight excluding hydrogens is 513 g/mol. The fourth-order valence-corrected chi connectivity index (χ4v) is 18.4. The highest BCUT2D eigenvalue weighted by atomic mass is 28.5. The monoisotopic (exact) mass is 564 g/mol. The predicted molar refractivity (Wildman–Crippen MR) is 153 cm³/mol. The normalized spacial score (nSPS) is 14.3. The van der Waals surface area contributed by atoms with E-state index in [0.29, 0.717) is 12.5 Å². The van der Waals surface area contributed by atoms with Gasteiger partial charge in [0.05, 0.1) is 0 Å². The van der Waals surface area contributed by atoms with Crippen LogP contribution >= 0.6 is 0 Å². The van der Waals surface area contributed by atoms with Crippen LogP contribution < -0.4 is 0 Å². The van der Waals surface area contributed by atoms with Crippen molar-refractivity contribution >= 4 is 45.7 Å². The summed E-state index contributed by atoms with van der Waals surface area (Å²) in [5.41, 5.74) is 0. The maximum absolute atomic E-state index is 12.3. The Morgan fingerprint density at radius 2 is 1.17 bits per heavy atom. The molecule has 206 valence electrons. The molecule has 1 unspecified atom stereocenters. The summed E-state index contributed by atoms with van der Waals surface area (Å²) in [6.45, 7) is 21.6. The van der Waals surface area contributed by atoms with Crippen molar-refractivity contribution in [2.75, 3.05) is 0 Å². The zero-order valence-corrected chi connectivity index (χ0v) is 28.0. The zero-order valence-electron chi connectivity index (χ0n) is 24.0. The largest absolute Gasteiger partial charge is 0.478 e. The van der Waals surface area contributed by atoms with Crippen molar-refractivity contribution in [1.29, 1.82) is 0 Å². The number of aliphatic carboxylic acids is 1. The van der Waals surface area contributed by atoms with Crippen molar-refractivity contribution in [3.05, 3.63) is 12.2 Å². The molecule has 0 aliphatic carbocycles. The van der Waals surface area contributed by atoms with Crippen LogP contribution in [0.2, 0.25) is 65.0 Å². The number of carboxylic acid groups (broad SMARTS) is 1. The molecule has 7 nitrogen and oxygen atoms in total. The number of hydrogen-bond donors (Lipinski definition) is 1. The molecule has 11 heteroatoms. The summed E-state index contributed by atoms with van der Waals surface area (Å²) in [4.78, 5) is 23.1. The minimum absolute atomic E-state index is 0.334. The molecule has 0 amide bonds. The molecule has 0 heterocycles.